The Labute approximate surface area is 177 Å². The summed E-state index contributed by atoms with van der Waals surface area (Å²) in [7, 11) is 0. The Morgan fingerprint density at radius 3 is 2.67 bits per heavy atom. The van der Waals surface area contributed by atoms with Gasteiger partial charge in [-0.15, -0.1) is 0 Å². The number of carbonyl (C=O) groups is 3. The molecule has 6 heteroatoms. The number of esters is 1. The molecule has 0 heterocycles. The fourth-order valence-corrected chi connectivity index (χ4v) is 7.50. The van der Waals surface area contributed by atoms with Crippen LogP contribution in [0.4, 0.5) is 0 Å². The van der Waals surface area contributed by atoms with Crippen molar-refractivity contribution in [2.75, 3.05) is 6.61 Å². The Morgan fingerprint density at radius 2 is 2.00 bits per heavy atom. The van der Waals surface area contributed by atoms with Gasteiger partial charge in [-0.1, -0.05) is 32.4 Å². The molecule has 0 radical (unpaired) electrons. The molecule has 0 aromatic carbocycles. The van der Waals surface area contributed by atoms with Gasteiger partial charge in [0.05, 0.1) is 6.10 Å². The summed E-state index contributed by atoms with van der Waals surface area (Å²) < 4.78 is 4.89. The fourth-order valence-electron chi connectivity index (χ4n) is 7.50. The lowest BCUT2D eigenvalue weighted by Crippen LogP contribution is -2.62. The second-order valence-electron chi connectivity index (χ2n) is 10.3. The van der Waals surface area contributed by atoms with Crippen LogP contribution in [0.15, 0.2) is 23.8 Å². The van der Waals surface area contributed by atoms with Crippen LogP contribution in [0, 0.1) is 34.5 Å². The van der Waals surface area contributed by atoms with Crippen LogP contribution in [-0.4, -0.2) is 46.1 Å². The lowest BCUT2D eigenvalue weighted by molar-refractivity contribution is -0.182. The monoisotopic (exact) mass is 416 g/mol. The Kier molecular flexibility index (Phi) is 4.90. The van der Waals surface area contributed by atoms with Crippen molar-refractivity contribution in [3.05, 3.63) is 23.8 Å². The minimum atomic E-state index is -1.61. The van der Waals surface area contributed by atoms with Crippen molar-refractivity contribution in [1.29, 1.82) is 0 Å². The quantitative estimate of drug-likeness (QED) is 0.685. The molecule has 0 amide bonds. The highest BCUT2D eigenvalue weighted by molar-refractivity contribution is 6.01. The van der Waals surface area contributed by atoms with Gasteiger partial charge in [0.25, 0.3) is 0 Å². The van der Waals surface area contributed by atoms with Crippen molar-refractivity contribution in [3.63, 3.8) is 0 Å². The van der Waals surface area contributed by atoms with Gasteiger partial charge in [-0.05, 0) is 55.6 Å². The van der Waals surface area contributed by atoms with Crippen LogP contribution in [0.5, 0.6) is 0 Å². The summed E-state index contributed by atoms with van der Waals surface area (Å²) in [6.07, 6.45) is 6.71. The first kappa shape index (κ1) is 21.4. The molecule has 0 aromatic heterocycles. The molecular formula is C24H32O6. The highest BCUT2D eigenvalue weighted by atomic mass is 16.5. The van der Waals surface area contributed by atoms with Gasteiger partial charge in [-0.3, -0.25) is 14.4 Å². The number of Topliss-reactive ketones (excluding diaryl/α,β-unsaturated/α-hetero) is 1. The third kappa shape index (κ3) is 2.79. The summed E-state index contributed by atoms with van der Waals surface area (Å²) in [5, 5.41) is 22.9. The van der Waals surface area contributed by atoms with Gasteiger partial charge < -0.3 is 14.9 Å². The predicted octanol–water partition coefficient (Wildman–Crippen LogP) is 2.37. The summed E-state index contributed by atoms with van der Waals surface area (Å²) in [5.74, 6) is -0.712. The summed E-state index contributed by atoms with van der Waals surface area (Å²) >= 11 is 0. The van der Waals surface area contributed by atoms with Crippen LogP contribution in [0.1, 0.15) is 53.4 Å². The molecule has 4 rings (SSSR count). The molecule has 2 N–H and O–H groups in total. The maximum Gasteiger partial charge on any atom is 0.303 e. The summed E-state index contributed by atoms with van der Waals surface area (Å²) in [6.45, 7) is 6.94. The first-order valence-electron chi connectivity index (χ1n) is 11.0. The van der Waals surface area contributed by atoms with E-state index in [0.29, 0.717) is 19.3 Å². The van der Waals surface area contributed by atoms with E-state index in [9.17, 15) is 24.6 Å². The number of aliphatic hydroxyl groups is 2. The number of carbonyl (C=O) groups excluding carboxylic acids is 3. The van der Waals surface area contributed by atoms with Crippen molar-refractivity contribution in [3.8, 4) is 0 Å². The highest BCUT2D eigenvalue weighted by Crippen LogP contribution is 2.67. The number of hydrogen-bond donors (Lipinski definition) is 2. The normalized spacial score (nSPS) is 47.1. The average molecular weight is 417 g/mol. The lowest BCUT2D eigenvalue weighted by atomic mass is 9.45. The van der Waals surface area contributed by atoms with Crippen molar-refractivity contribution in [2.24, 2.45) is 34.5 Å². The second-order valence-corrected chi connectivity index (χ2v) is 10.3. The van der Waals surface area contributed by atoms with Crippen LogP contribution in [0.25, 0.3) is 0 Å². The molecule has 3 fully saturated rings. The number of ketones is 2. The Balaban J connectivity index is 1.70. The van der Waals surface area contributed by atoms with Gasteiger partial charge in [0, 0.05) is 23.7 Å². The molecule has 0 bridgehead atoms. The Bertz CT molecular complexity index is 858. The molecule has 0 saturated heterocycles. The van der Waals surface area contributed by atoms with Gasteiger partial charge in [0.15, 0.2) is 12.4 Å². The summed E-state index contributed by atoms with van der Waals surface area (Å²) in [5.41, 5.74) is -1.72. The molecule has 4 aliphatic rings. The largest absolute Gasteiger partial charge is 0.458 e. The van der Waals surface area contributed by atoms with Crippen molar-refractivity contribution in [2.45, 2.75) is 65.1 Å². The summed E-state index contributed by atoms with van der Waals surface area (Å²) in [6, 6.07) is 0. The number of aliphatic hydroxyl groups excluding tert-OH is 1. The van der Waals surface area contributed by atoms with Crippen LogP contribution >= 0.6 is 0 Å². The van der Waals surface area contributed by atoms with Crippen LogP contribution in [-0.2, 0) is 19.1 Å². The van der Waals surface area contributed by atoms with Crippen LogP contribution < -0.4 is 0 Å². The molecule has 164 valence electrons. The molecule has 3 saturated carbocycles. The van der Waals surface area contributed by atoms with E-state index in [0.717, 1.165) is 12.0 Å². The van der Waals surface area contributed by atoms with Crippen molar-refractivity contribution in [1.82, 2.24) is 0 Å². The number of hydrogen-bond acceptors (Lipinski definition) is 6. The molecule has 0 spiro atoms. The van der Waals surface area contributed by atoms with Crippen LogP contribution in [0.3, 0.4) is 0 Å². The molecule has 1 unspecified atom stereocenters. The number of rotatable bonds is 3. The van der Waals surface area contributed by atoms with E-state index < -0.39 is 40.9 Å². The maximum atomic E-state index is 12.9. The maximum absolute atomic E-state index is 12.9. The van der Waals surface area contributed by atoms with E-state index in [1.165, 1.54) is 6.92 Å². The molecular weight excluding hydrogens is 384 g/mol. The van der Waals surface area contributed by atoms with E-state index in [-0.39, 0.29) is 29.5 Å². The molecule has 30 heavy (non-hydrogen) atoms. The zero-order valence-electron chi connectivity index (χ0n) is 18.2. The Morgan fingerprint density at radius 1 is 1.30 bits per heavy atom. The van der Waals surface area contributed by atoms with Gasteiger partial charge in [0.2, 0.25) is 5.78 Å². The third-order valence-corrected chi connectivity index (χ3v) is 8.84. The standard InChI is InChI=1S/C24H32O6/c1-13-9-16-17-6-8-24(29,20(28)12-30-14(2)25)23(17,4)11-19(27)21(16)22(3)7-5-15(26)10-18(13)22/h5,7,10,13,16-17,19,21,27,29H,6,8-9,11-12H2,1-4H3/t13?,16-,17-,19-,21+,22-,23-,24-/m0/s1. The predicted molar refractivity (Wildman–Crippen MR) is 109 cm³/mol. The third-order valence-electron chi connectivity index (χ3n) is 8.84. The molecule has 6 nitrogen and oxygen atoms in total. The van der Waals surface area contributed by atoms with E-state index in [1.54, 1.807) is 12.2 Å². The van der Waals surface area contributed by atoms with Gasteiger partial charge in [-0.2, -0.15) is 0 Å². The van der Waals surface area contributed by atoms with Crippen LogP contribution in [0.2, 0.25) is 0 Å². The van der Waals surface area contributed by atoms with E-state index in [1.807, 2.05) is 13.0 Å². The summed E-state index contributed by atoms with van der Waals surface area (Å²) in [4.78, 5) is 36.1. The zero-order chi connectivity index (χ0) is 22.1. The van der Waals surface area contributed by atoms with Crippen molar-refractivity contribution >= 4 is 17.5 Å². The lowest BCUT2D eigenvalue weighted by Gasteiger charge is -2.60. The molecule has 8 atom stereocenters. The first-order valence-corrected chi connectivity index (χ1v) is 11.0. The van der Waals surface area contributed by atoms with Crippen molar-refractivity contribution < 1.29 is 29.3 Å². The van der Waals surface area contributed by atoms with Gasteiger partial charge in [-0.25, -0.2) is 0 Å². The number of ether oxygens (including phenoxy) is 1. The fraction of sp³-hybridized carbons (Fsp3) is 0.708. The zero-order valence-corrected chi connectivity index (χ0v) is 18.2. The smallest absolute Gasteiger partial charge is 0.303 e. The minimum Gasteiger partial charge on any atom is -0.458 e. The highest BCUT2D eigenvalue weighted by Gasteiger charge is 2.68. The number of fused-ring (bicyclic) bond motifs is 5. The Hall–Kier alpha value is -1.79. The second kappa shape index (κ2) is 6.86. The average Bonchev–Trinajstić information content (AvgIpc) is 2.93. The van der Waals surface area contributed by atoms with E-state index in [2.05, 4.69) is 13.8 Å². The minimum absolute atomic E-state index is 0.00535. The van der Waals surface area contributed by atoms with E-state index >= 15 is 0 Å². The first-order chi connectivity index (χ1) is 13.9. The van der Waals surface area contributed by atoms with Gasteiger partial charge >= 0.3 is 5.97 Å². The SMILES string of the molecule is CC(=O)OCC(=O)[C@@]1(O)CC[C@H]2[C@@H]3CC(C)C4=CC(=O)C=C[C@]4(C)[C@H]3[C@@H](O)C[C@@]21C. The molecule has 4 aliphatic carbocycles. The van der Waals surface area contributed by atoms with E-state index in [4.69, 9.17) is 4.74 Å². The molecule has 0 aromatic rings. The topological polar surface area (TPSA) is 101 Å². The van der Waals surface area contributed by atoms with Gasteiger partial charge in [0.1, 0.15) is 5.60 Å². The number of allylic oxidation sites excluding steroid dienone is 4. The molecule has 0 aliphatic heterocycles.